The Balaban J connectivity index is 1.63. The smallest absolute Gasteiger partial charge is 0.228 e. The summed E-state index contributed by atoms with van der Waals surface area (Å²) in [5, 5.41) is 1.97. The summed E-state index contributed by atoms with van der Waals surface area (Å²) in [6, 6.07) is 6.10. The van der Waals surface area contributed by atoms with Gasteiger partial charge in [0, 0.05) is 12.4 Å². The van der Waals surface area contributed by atoms with Gasteiger partial charge in [0.1, 0.15) is 10.2 Å². The van der Waals surface area contributed by atoms with Gasteiger partial charge < -0.3 is 9.88 Å². The Morgan fingerprint density at radius 2 is 2.21 bits per heavy atom. The number of carbonyl (C=O) groups is 1. The van der Waals surface area contributed by atoms with Gasteiger partial charge in [0.2, 0.25) is 5.91 Å². The van der Waals surface area contributed by atoms with Crippen LogP contribution in [0.1, 0.15) is 24.0 Å². The monoisotopic (exact) mass is 360 g/mol. The normalized spacial score (nSPS) is 11.1. The number of likely N-dealkylation sites (N-methyl/N-ethyl adjacent to an activating group) is 1. The van der Waals surface area contributed by atoms with E-state index in [2.05, 4.69) is 34.9 Å². The summed E-state index contributed by atoms with van der Waals surface area (Å²) in [5.74, 6) is 1.84. The minimum atomic E-state index is 0.0463. The van der Waals surface area contributed by atoms with E-state index in [1.807, 2.05) is 17.5 Å². The third kappa shape index (κ3) is 3.96. The van der Waals surface area contributed by atoms with Gasteiger partial charge in [-0.05, 0) is 30.4 Å². The van der Waals surface area contributed by atoms with Crippen molar-refractivity contribution in [3.63, 3.8) is 0 Å². The lowest BCUT2D eigenvalue weighted by molar-refractivity contribution is -0.129. The lowest BCUT2D eigenvalue weighted by atomic mass is 10.2. The van der Waals surface area contributed by atoms with Gasteiger partial charge in [-0.1, -0.05) is 24.8 Å². The quantitative estimate of drug-likeness (QED) is 0.682. The molecule has 1 amide bonds. The number of thioether (sulfide) groups is 1. The molecule has 0 spiro atoms. The first-order valence-electron chi connectivity index (χ1n) is 7.81. The van der Waals surface area contributed by atoms with E-state index in [1.54, 1.807) is 35.0 Å². The Morgan fingerprint density at radius 1 is 1.38 bits per heavy atom. The highest BCUT2D eigenvalue weighted by Crippen LogP contribution is 2.22. The van der Waals surface area contributed by atoms with Crippen LogP contribution >= 0.6 is 23.1 Å². The van der Waals surface area contributed by atoms with E-state index < -0.39 is 0 Å². The Kier molecular flexibility index (Phi) is 5.20. The second-order valence-electron chi connectivity index (χ2n) is 5.67. The van der Waals surface area contributed by atoms with Crippen molar-refractivity contribution in [2.75, 3.05) is 12.8 Å². The molecule has 0 saturated heterocycles. The molecule has 3 aromatic rings. The van der Waals surface area contributed by atoms with Gasteiger partial charge in [0.25, 0.3) is 0 Å². The highest BCUT2D eigenvalue weighted by atomic mass is 32.2. The molecule has 0 aliphatic heterocycles. The maximum Gasteiger partial charge on any atom is 0.228 e. The molecule has 1 N–H and O–H groups in total. The van der Waals surface area contributed by atoms with Crippen molar-refractivity contribution >= 4 is 40.0 Å². The first-order valence-corrected chi connectivity index (χ1v) is 9.68. The predicted molar refractivity (Wildman–Crippen MR) is 99.5 cm³/mol. The average molecular weight is 361 g/mol. The second kappa shape index (κ2) is 7.36. The highest BCUT2D eigenvalue weighted by molar-refractivity contribution is 8.00. The molecule has 2 heterocycles. The largest absolute Gasteiger partial charge is 0.340 e. The van der Waals surface area contributed by atoms with E-state index in [0.29, 0.717) is 13.0 Å². The zero-order valence-electron chi connectivity index (χ0n) is 14.0. The molecule has 5 nitrogen and oxygen atoms in total. The van der Waals surface area contributed by atoms with Crippen LogP contribution in [0.3, 0.4) is 0 Å². The van der Waals surface area contributed by atoms with Crippen molar-refractivity contribution in [3.05, 3.63) is 40.7 Å². The maximum atomic E-state index is 12.4. The minimum absolute atomic E-state index is 0.0463. The lowest BCUT2D eigenvalue weighted by Crippen LogP contribution is -2.28. The molecule has 0 atom stereocenters. The van der Waals surface area contributed by atoms with Crippen LogP contribution in [0.25, 0.3) is 11.0 Å². The highest BCUT2D eigenvalue weighted by Gasteiger charge is 2.14. The molecule has 0 bridgehead atoms. The summed E-state index contributed by atoms with van der Waals surface area (Å²) in [6.45, 7) is 4.61. The maximum absolute atomic E-state index is 12.4. The van der Waals surface area contributed by atoms with E-state index in [1.165, 1.54) is 5.56 Å². The number of nitrogens with zero attached hydrogens (tertiary/aromatic N) is 3. The Labute approximate surface area is 149 Å². The topological polar surface area (TPSA) is 61.9 Å². The van der Waals surface area contributed by atoms with E-state index in [0.717, 1.165) is 32.6 Å². The molecule has 0 radical (unpaired) electrons. The van der Waals surface area contributed by atoms with Crippen LogP contribution in [-0.4, -0.2) is 38.6 Å². The van der Waals surface area contributed by atoms with Crippen LogP contribution in [0.2, 0.25) is 0 Å². The van der Waals surface area contributed by atoms with E-state index >= 15 is 0 Å². The standard InChI is InChI=1S/C17H20N4OS2/c1-4-23-17-18-12(10-24-17)8-16(22)21(3)9-15-19-13-6-5-11(2)7-14(13)20-15/h5-7,10H,4,8-9H2,1-3H3,(H,19,20). The summed E-state index contributed by atoms with van der Waals surface area (Å²) in [7, 11) is 1.80. The molecule has 1 aromatic carbocycles. The van der Waals surface area contributed by atoms with Gasteiger partial charge in [0.15, 0.2) is 0 Å². The van der Waals surface area contributed by atoms with Crippen molar-refractivity contribution in [2.45, 2.75) is 31.2 Å². The molecule has 7 heteroatoms. The van der Waals surface area contributed by atoms with E-state index in [-0.39, 0.29) is 5.91 Å². The van der Waals surface area contributed by atoms with E-state index in [9.17, 15) is 4.79 Å². The van der Waals surface area contributed by atoms with E-state index in [4.69, 9.17) is 0 Å². The van der Waals surface area contributed by atoms with Crippen LogP contribution in [0.15, 0.2) is 27.9 Å². The number of imidazole rings is 1. The first kappa shape index (κ1) is 17.0. The van der Waals surface area contributed by atoms with Crippen LogP contribution in [0.4, 0.5) is 0 Å². The second-order valence-corrected chi connectivity index (χ2v) is 8.04. The lowest BCUT2D eigenvalue weighted by Gasteiger charge is -2.14. The van der Waals surface area contributed by atoms with Gasteiger partial charge in [-0.3, -0.25) is 4.79 Å². The third-order valence-electron chi connectivity index (χ3n) is 3.63. The molecule has 126 valence electrons. The molecular weight excluding hydrogens is 340 g/mol. The predicted octanol–water partition coefficient (Wildman–Crippen LogP) is 3.64. The number of rotatable bonds is 6. The summed E-state index contributed by atoms with van der Waals surface area (Å²) < 4.78 is 1.02. The number of hydrogen-bond acceptors (Lipinski definition) is 5. The molecular formula is C17H20N4OS2. The van der Waals surface area contributed by atoms with Gasteiger partial charge in [-0.2, -0.15) is 0 Å². The van der Waals surface area contributed by atoms with Gasteiger partial charge >= 0.3 is 0 Å². The van der Waals surface area contributed by atoms with Crippen LogP contribution in [0.5, 0.6) is 0 Å². The number of nitrogens with one attached hydrogen (secondary N) is 1. The number of aryl methyl sites for hydroxylation is 1. The SMILES string of the molecule is CCSc1nc(CC(=O)N(C)Cc2nc3ccc(C)cc3[nH]2)cs1. The van der Waals surface area contributed by atoms with Crippen LogP contribution in [-0.2, 0) is 17.8 Å². The number of thiazole rings is 1. The van der Waals surface area contributed by atoms with Gasteiger partial charge in [-0.15, -0.1) is 11.3 Å². The third-order valence-corrected chi connectivity index (χ3v) is 5.58. The number of aromatic amines is 1. The van der Waals surface area contributed by atoms with Gasteiger partial charge in [-0.25, -0.2) is 9.97 Å². The number of amides is 1. The molecule has 0 aliphatic rings. The summed E-state index contributed by atoms with van der Waals surface area (Å²) >= 11 is 3.30. The summed E-state index contributed by atoms with van der Waals surface area (Å²) in [6.07, 6.45) is 0.330. The van der Waals surface area contributed by atoms with Crippen molar-refractivity contribution < 1.29 is 4.79 Å². The zero-order chi connectivity index (χ0) is 17.1. The summed E-state index contributed by atoms with van der Waals surface area (Å²) in [4.78, 5) is 26.4. The first-order chi connectivity index (χ1) is 11.5. The van der Waals surface area contributed by atoms with Crippen molar-refractivity contribution in [1.29, 1.82) is 0 Å². The number of benzene rings is 1. The van der Waals surface area contributed by atoms with Crippen LogP contribution < -0.4 is 0 Å². The number of H-pyrrole nitrogens is 1. The fraction of sp³-hybridized carbons (Fsp3) is 0.353. The van der Waals surface area contributed by atoms with Gasteiger partial charge in [0.05, 0.1) is 29.7 Å². The molecule has 3 rings (SSSR count). The number of aromatic nitrogens is 3. The fourth-order valence-corrected chi connectivity index (χ4v) is 4.15. The Morgan fingerprint density at radius 3 is 3.00 bits per heavy atom. The van der Waals surface area contributed by atoms with Crippen molar-refractivity contribution in [3.8, 4) is 0 Å². The Hall–Kier alpha value is -1.86. The molecule has 0 aliphatic carbocycles. The fourth-order valence-electron chi connectivity index (χ4n) is 2.41. The van der Waals surface area contributed by atoms with Crippen molar-refractivity contribution in [1.82, 2.24) is 19.9 Å². The average Bonchev–Trinajstić information content (AvgIpc) is 3.13. The zero-order valence-corrected chi connectivity index (χ0v) is 15.6. The Bertz CT molecular complexity index is 855. The van der Waals surface area contributed by atoms with Crippen molar-refractivity contribution in [2.24, 2.45) is 0 Å². The number of carbonyl (C=O) groups excluding carboxylic acids is 1. The number of fused-ring (bicyclic) bond motifs is 1. The molecule has 24 heavy (non-hydrogen) atoms. The number of hydrogen-bond donors (Lipinski definition) is 1. The molecule has 0 unspecified atom stereocenters. The molecule has 0 fully saturated rings. The molecule has 0 saturated carbocycles. The van der Waals surface area contributed by atoms with Crippen LogP contribution in [0, 0.1) is 6.92 Å². The summed E-state index contributed by atoms with van der Waals surface area (Å²) in [5.41, 5.74) is 3.96. The minimum Gasteiger partial charge on any atom is -0.340 e. The molecule has 2 aromatic heterocycles.